The Balaban J connectivity index is 2.24. The summed E-state index contributed by atoms with van der Waals surface area (Å²) in [6.07, 6.45) is 3.40. The van der Waals surface area contributed by atoms with Gasteiger partial charge in [0.25, 0.3) is 0 Å². The van der Waals surface area contributed by atoms with Gasteiger partial charge >= 0.3 is 4.87 Å². The van der Waals surface area contributed by atoms with Crippen LogP contribution in [0.4, 0.5) is 5.69 Å². The fourth-order valence-electron chi connectivity index (χ4n) is 1.24. The number of hydrogen-bond acceptors (Lipinski definition) is 5. The second-order valence-corrected chi connectivity index (χ2v) is 3.83. The Morgan fingerprint density at radius 1 is 1.60 bits per heavy atom. The molecule has 2 aromatic rings. The number of rotatable bonds is 3. The van der Waals surface area contributed by atoms with Gasteiger partial charge in [-0.2, -0.15) is 0 Å². The van der Waals surface area contributed by atoms with E-state index in [4.69, 9.17) is 5.84 Å². The van der Waals surface area contributed by atoms with Gasteiger partial charge in [-0.3, -0.25) is 20.2 Å². The first-order chi connectivity index (χ1) is 7.29. The van der Waals surface area contributed by atoms with Crippen LogP contribution in [0.1, 0.15) is 5.69 Å². The van der Waals surface area contributed by atoms with E-state index in [1.54, 1.807) is 28.4 Å². The molecular weight excluding hydrogens is 212 g/mol. The van der Waals surface area contributed by atoms with Crippen LogP contribution in [0.25, 0.3) is 0 Å². The minimum atomic E-state index is 0.0166. The van der Waals surface area contributed by atoms with Crippen LogP contribution in [-0.4, -0.2) is 9.55 Å². The number of nitrogens with two attached hydrogens (primary N) is 1. The number of anilines is 1. The lowest BCUT2D eigenvalue weighted by Gasteiger charge is -2.03. The fraction of sp³-hybridized carbons (Fsp3) is 0.111. The van der Waals surface area contributed by atoms with E-state index in [0.717, 1.165) is 11.4 Å². The number of pyridine rings is 1. The third kappa shape index (κ3) is 2.23. The Morgan fingerprint density at radius 2 is 2.47 bits per heavy atom. The molecule has 78 valence electrons. The number of hydrazine groups is 1. The third-order valence-corrected chi connectivity index (χ3v) is 2.65. The van der Waals surface area contributed by atoms with Gasteiger partial charge in [0.15, 0.2) is 0 Å². The second kappa shape index (κ2) is 4.24. The maximum absolute atomic E-state index is 11.3. The summed E-state index contributed by atoms with van der Waals surface area (Å²) in [5.41, 5.74) is 4.11. The van der Waals surface area contributed by atoms with Crippen molar-refractivity contribution in [2.75, 3.05) is 5.43 Å². The zero-order valence-electron chi connectivity index (χ0n) is 7.88. The SMILES string of the molecule is NNc1ccnc(Cn2ccsc2=O)c1. The van der Waals surface area contributed by atoms with Crippen LogP contribution < -0.4 is 16.1 Å². The summed E-state index contributed by atoms with van der Waals surface area (Å²) in [5, 5.41) is 1.76. The van der Waals surface area contributed by atoms with Crippen LogP contribution in [-0.2, 0) is 6.54 Å². The standard InChI is InChI=1S/C9H10N4OS/c10-12-7-1-2-11-8(5-7)6-13-3-4-15-9(13)14/h1-5H,6,10H2,(H,11,12). The van der Waals surface area contributed by atoms with Crippen molar-refractivity contribution in [2.45, 2.75) is 6.54 Å². The Kier molecular flexibility index (Phi) is 2.79. The molecule has 0 aliphatic rings. The topological polar surface area (TPSA) is 72.9 Å². The maximum Gasteiger partial charge on any atom is 0.307 e. The number of hydrogen-bond donors (Lipinski definition) is 2. The Morgan fingerprint density at radius 3 is 3.13 bits per heavy atom. The van der Waals surface area contributed by atoms with Crippen molar-refractivity contribution in [3.8, 4) is 0 Å². The summed E-state index contributed by atoms with van der Waals surface area (Å²) in [6.45, 7) is 0.470. The Hall–Kier alpha value is -1.66. The van der Waals surface area contributed by atoms with E-state index in [2.05, 4.69) is 10.4 Å². The smallest absolute Gasteiger partial charge is 0.307 e. The van der Waals surface area contributed by atoms with Gasteiger partial charge in [-0.1, -0.05) is 11.3 Å². The van der Waals surface area contributed by atoms with Crippen molar-refractivity contribution in [1.82, 2.24) is 9.55 Å². The minimum absolute atomic E-state index is 0.0166. The summed E-state index contributed by atoms with van der Waals surface area (Å²) in [4.78, 5) is 15.5. The highest BCUT2D eigenvalue weighted by molar-refractivity contribution is 7.07. The third-order valence-electron chi connectivity index (χ3n) is 1.96. The number of aromatic nitrogens is 2. The summed E-state index contributed by atoms with van der Waals surface area (Å²) in [5.74, 6) is 5.28. The van der Waals surface area contributed by atoms with Crippen LogP contribution in [0.15, 0.2) is 34.7 Å². The lowest BCUT2D eigenvalue weighted by molar-refractivity contribution is 0.761. The second-order valence-electron chi connectivity index (χ2n) is 2.98. The highest BCUT2D eigenvalue weighted by atomic mass is 32.1. The summed E-state index contributed by atoms with van der Waals surface area (Å²) >= 11 is 1.17. The molecule has 2 rings (SSSR count). The van der Waals surface area contributed by atoms with Crippen molar-refractivity contribution in [3.05, 3.63) is 45.3 Å². The first-order valence-electron chi connectivity index (χ1n) is 4.35. The van der Waals surface area contributed by atoms with E-state index in [-0.39, 0.29) is 4.87 Å². The van der Waals surface area contributed by atoms with Crippen LogP contribution in [0, 0.1) is 0 Å². The van der Waals surface area contributed by atoms with Crippen molar-refractivity contribution in [2.24, 2.45) is 5.84 Å². The van der Waals surface area contributed by atoms with Gasteiger partial charge < -0.3 is 5.43 Å². The molecule has 0 atom stereocenters. The molecule has 0 fully saturated rings. The lowest BCUT2D eigenvalue weighted by atomic mass is 10.3. The van der Waals surface area contributed by atoms with Gasteiger partial charge in [0.2, 0.25) is 0 Å². The molecule has 0 saturated heterocycles. The predicted octanol–water partition coefficient (Wildman–Crippen LogP) is 0.639. The molecule has 0 aliphatic carbocycles. The molecule has 6 heteroatoms. The molecule has 2 heterocycles. The van der Waals surface area contributed by atoms with Crippen molar-refractivity contribution >= 4 is 17.0 Å². The van der Waals surface area contributed by atoms with Crippen molar-refractivity contribution in [1.29, 1.82) is 0 Å². The van der Waals surface area contributed by atoms with E-state index in [9.17, 15) is 4.79 Å². The number of nitrogens with one attached hydrogen (secondary N) is 1. The van der Waals surface area contributed by atoms with Gasteiger partial charge in [0, 0.05) is 17.8 Å². The lowest BCUT2D eigenvalue weighted by Crippen LogP contribution is -2.14. The van der Waals surface area contributed by atoms with E-state index in [0.29, 0.717) is 6.54 Å². The molecule has 0 amide bonds. The Bertz CT molecular complexity index is 505. The first kappa shape index (κ1) is 9.88. The van der Waals surface area contributed by atoms with E-state index in [1.165, 1.54) is 11.3 Å². The van der Waals surface area contributed by atoms with Crippen molar-refractivity contribution < 1.29 is 0 Å². The van der Waals surface area contributed by atoms with Gasteiger partial charge in [0.05, 0.1) is 17.9 Å². The van der Waals surface area contributed by atoms with E-state index >= 15 is 0 Å². The summed E-state index contributed by atoms with van der Waals surface area (Å²) < 4.78 is 1.60. The molecule has 5 nitrogen and oxygen atoms in total. The molecule has 15 heavy (non-hydrogen) atoms. The van der Waals surface area contributed by atoms with Gasteiger partial charge in [-0.15, -0.1) is 0 Å². The quantitative estimate of drug-likeness (QED) is 0.590. The maximum atomic E-state index is 11.3. The summed E-state index contributed by atoms with van der Waals surface area (Å²) in [7, 11) is 0. The van der Waals surface area contributed by atoms with Crippen LogP contribution in [0.3, 0.4) is 0 Å². The molecule has 0 unspecified atom stereocenters. The summed E-state index contributed by atoms with van der Waals surface area (Å²) in [6, 6.07) is 3.57. The average Bonchev–Trinajstić information content (AvgIpc) is 2.65. The monoisotopic (exact) mass is 222 g/mol. The zero-order chi connectivity index (χ0) is 10.7. The minimum Gasteiger partial charge on any atom is -0.324 e. The molecule has 0 aromatic carbocycles. The Labute approximate surface area is 90.2 Å². The van der Waals surface area contributed by atoms with Crippen LogP contribution in [0.2, 0.25) is 0 Å². The molecule has 2 aromatic heterocycles. The largest absolute Gasteiger partial charge is 0.324 e. The van der Waals surface area contributed by atoms with E-state index < -0.39 is 0 Å². The normalized spacial score (nSPS) is 10.2. The highest BCUT2D eigenvalue weighted by Gasteiger charge is 2.00. The average molecular weight is 222 g/mol. The van der Waals surface area contributed by atoms with Gasteiger partial charge in [-0.25, -0.2) is 0 Å². The number of nitrogen functional groups attached to an aromatic ring is 1. The predicted molar refractivity (Wildman–Crippen MR) is 59.7 cm³/mol. The zero-order valence-corrected chi connectivity index (χ0v) is 8.70. The molecule has 0 aliphatic heterocycles. The number of thiazole rings is 1. The number of nitrogens with zero attached hydrogens (tertiary/aromatic N) is 2. The molecule has 0 radical (unpaired) electrons. The fourth-order valence-corrected chi connectivity index (χ4v) is 1.82. The van der Waals surface area contributed by atoms with Crippen molar-refractivity contribution in [3.63, 3.8) is 0 Å². The first-order valence-corrected chi connectivity index (χ1v) is 5.23. The molecule has 0 bridgehead atoms. The van der Waals surface area contributed by atoms with Crippen LogP contribution >= 0.6 is 11.3 Å². The van der Waals surface area contributed by atoms with Crippen LogP contribution in [0.5, 0.6) is 0 Å². The van der Waals surface area contributed by atoms with Gasteiger partial charge in [0.1, 0.15) is 0 Å². The molecule has 0 saturated carbocycles. The van der Waals surface area contributed by atoms with Gasteiger partial charge in [-0.05, 0) is 12.1 Å². The molecule has 0 spiro atoms. The van der Waals surface area contributed by atoms with E-state index in [1.807, 2.05) is 6.07 Å². The molecule has 3 N–H and O–H groups in total. The highest BCUT2D eigenvalue weighted by Crippen LogP contribution is 2.07. The molecular formula is C9H10N4OS.